The maximum atomic E-state index is 5.49. The van der Waals surface area contributed by atoms with Gasteiger partial charge < -0.3 is 20.3 Å². The van der Waals surface area contributed by atoms with E-state index in [1.807, 2.05) is 29.1 Å². The number of guanidine groups is 1. The van der Waals surface area contributed by atoms with Gasteiger partial charge in [-0.1, -0.05) is 12.1 Å². The van der Waals surface area contributed by atoms with Crippen molar-refractivity contribution >= 4 is 35.6 Å². The van der Waals surface area contributed by atoms with Crippen molar-refractivity contribution < 1.29 is 4.74 Å². The summed E-state index contributed by atoms with van der Waals surface area (Å²) in [5.41, 5.74) is 1.15. The SMILES string of the molecule is CCNC(=NCCn1cccn1)NC1CCN(c2ccccc2OC)C1.I. The van der Waals surface area contributed by atoms with Crippen molar-refractivity contribution in [2.45, 2.75) is 25.9 Å². The summed E-state index contributed by atoms with van der Waals surface area (Å²) in [6.07, 6.45) is 4.82. The minimum Gasteiger partial charge on any atom is -0.495 e. The van der Waals surface area contributed by atoms with Crippen LogP contribution in [-0.4, -0.2) is 55.1 Å². The molecule has 1 atom stereocenters. The van der Waals surface area contributed by atoms with Crippen molar-refractivity contribution in [2.75, 3.05) is 38.2 Å². The van der Waals surface area contributed by atoms with Crippen LogP contribution in [-0.2, 0) is 6.54 Å². The van der Waals surface area contributed by atoms with Crippen molar-refractivity contribution in [3.8, 4) is 5.75 Å². The van der Waals surface area contributed by atoms with E-state index >= 15 is 0 Å². The van der Waals surface area contributed by atoms with Crippen LogP contribution < -0.4 is 20.3 Å². The number of nitrogens with zero attached hydrogens (tertiary/aromatic N) is 4. The van der Waals surface area contributed by atoms with Crippen molar-refractivity contribution in [1.82, 2.24) is 20.4 Å². The predicted octanol–water partition coefficient (Wildman–Crippen LogP) is 2.34. The molecule has 7 nitrogen and oxygen atoms in total. The topological polar surface area (TPSA) is 66.7 Å². The summed E-state index contributed by atoms with van der Waals surface area (Å²) in [4.78, 5) is 7.04. The molecule has 0 spiro atoms. The highest BCUT2D eigenvalue weighted by Gasteiger charge is 2.25. The first-order valence-corrected chi connectivity index (χ1v) is 9.20. The van der Waals surface area contributed by atoms with E-state index in [0.717, 1.165) is 50.0 Å². The molecule has 1 fully saturated rings. The Hall–Kier alpha value is -1.97. The van der Waals surface area contributed by atoms with E-state index in [1.54, 1.807) is 13.3 Å². The molecule has 2 heterocycles. The summed E-state index contributed by atoms with van der Waals surface area (Å²) < 4.78 is 7.39. The Labute approximate surface area is 178 Å². The van der Waals surface area contributed by atoms with Crippen molar-refractivity contribution in [3.63, 3.8) is 0 Å². The second-order valence-electron chi connectivity index (χ2n) is 6.28. The maximum absolute atomic E-state index is 5.49. The number of aromatic nitrogens is 2. The second kappa shape index (κ2) is 11.0. The van der Waals surface area contributed by atoms with E-state index in [9.17, 15) is 0 Å². The summed E-state index contributed by atoms with van der Waals surface area (Å²) in [7, 11) is 1.72. The molecule has 2 N–H and O–H groups in total. The van der Waals surface area contributed by atoms with Gasteiger partial charge in [0.05, 0.1) is 25.9 Å². The number of halogens is 1. The lowest BCUT2D eigenvalue weighted by molar-refractivity contribution is 0.415. The average molecular weight is 484 g/mol. The Morgan fingerprint density at radius 1 is 1.33 bits per heavy atom. The van der Waals surface area contributed by atoms with Gasteiger partial charge in [0, 0.05) is 38.1 Å². The molecule has 2 aromatic rings. The number of para-hydroxylation sites is 2. The van der Waals surface area contributed by atoms with Crippen LogP contribution in [0.15, 0.2) is 47.7 Å². The number of benzene rings is 1. The van der Waals surface area contributed by atoms with Gasteiger partial charge in [-0.2, -0.15) is 5.10 Å². The number of aliphatic imine (C=N–C) groups is 1. The van der Waals surface area contributed by atoms with E-state index in [-0.39, 0.29) is 24.0 Å². The van der Waals surface area contributed by atoms with Gasteiger partial charge >= 0.3 is 0 Å². The monoisotopic (exact) mass is 484 g/mol. The third-order valence-electron chi connectivity index (χ3n) is 4.46. The Kier molecular flexibility index (Phi) is 8.70. The van der Waals surface area contributed by atoms with Gasteiger partial charge in [-0.3, -0.25) is 9.67 Å². The zero-order chi connectivity index (χ0) is 18.2. The van der Waals surface area contributed by atoms with E-state index in [4.69, 9.17) is 4.74 Å². The van der Waals surface area contributed by atoms with Crippen LogP contribution in [0.1, 0.15) is 13.3 Å². The lowest BCUT2D eigenvalue weighted by atomic mass is 10.2. The van der Waals surface area contributed by atoms with E-state index in [2.05, 4.69) is 44.7 Å². The lowest BCUT2D eigenvalue weighted by Crippen LogP contribution is -2.44. The Bertz CT molecular complexity index is 706. The molecule has 1 aromatic carbocycles. The normalized spacial score (nSPS) is 16.7. The fourth-order valence-corrected chi connectivity index (χ4v) is 3.20. The largest absolute Gasteiger partial charge is 0.495 e. The van der Waals surface area contributed by atoms with Crippen LogP contribution in [0.2, 0.25) is 0 Å². The first-order chi connectivity index (χ1) is 12.8. The molecular weight excluding hydrogens is 455 g/mol. The van der Waals surface area contributed by atoms with Crippen LogP contribution in [0.4, 0.5) is 5.69 Å². The zero-order valence-electron chi connectivity index (χ0n) is 16.0. The third kappa shape index (κ3) is 6.02. The van der Waals surface area contributed by atoms with Crippen molar-refractivity contribution in [1.29, 1.82) is 0 Å². The first kappa shape index (κ1) is 21.3. The summed E-state index contributed by atoms with van der Waals surface area (Å²) in [5, 5.41) is 11.1. The maximum Gasteiger partial charge on any atom is 0.191 e. The number of methoxy groups -OCH3 is 1. The molecule has 3 rings (SSSR count). The third-order valence-corrected chi connectivity index (χ3v) is 4.46. The van der Waals surface area contributed by atoms with E-state index in [0.29, 0.717) is 12.6 Å². The highest BCUT2D eigenvalue weighted by atomic mass is 127. The van der Waals surface area contributed by atoms with Crippen molar-refractivity contribution in [2.24, 2.45) is 4.99 Å². The minimum absolute atomic E-state index is 0. The van der Waals surface area contributed by atoms with Gasteiger partial charge in [-0.25, -0.2) is 0 Å². The van der Waals surface area contributed by atoms with Gasteiger partial charge in [0.25, 0.3) is 0 Å². The Morgan fingerprint density at radius 3 is 2.93 bits per heavy atom. The molecule has 148 valence electrons. The molecule has 1 unspecified atom stereocenters. The first-order valence-electron chi connectivity index (χ1n) is 9.20. The molecular formula is C19H29IN6O. The van der Waals surface area contributed by atoms with Crippen LogP contribution >= 0.6 is 24.0 Å². The molecule has 0 radical (unpaired) electrons. The van der Waals surface area contributed by atoms with Crippen LogP contribution in [0.3, 0.4) is 0 Å². The Morgan fingerprint density at radius 2 is 2.19 bits per heavy atom. The molecule has 0 saturated carbocycles. The molecule has 0 bridgehead atoms. The van der Waals surface area contributed by atoms with Gasteiger partial charge in [-0.05, 0) is 31.5 Å². The van der Waals surface area contributed by atoms with Crippen molar-refractivity contribution in [3.05, 3.63) is 42.7 Å². The minimum atomic E-state index is 0. The zero-order valence-corrected chi connectivity index (χ0v) is 18.3. The van der Waals surface area contributed by atoms with Crippen LogP contribution in [0.5, 0.6) is 5.75 Å². The fraction of sp³-hybridized carbons (Fsp3) is 0.474. The highest BCUT2D eigenvalue weighted by molar-refractivity contribution is 14.0. The summed E-state index contributed by atoms with van der Waals surface area (Å²) in [6, 6.07) is 10.5. The quantitative estimate of drug-likeness (QED) is 0.359. The second-order valence-corrected chi connectivity index (χ2v) is 6.28. The summed E-state index contributed by atoms with van der Waals surface area (Å²) >= 11 is 0. The van der Waals surface area contributed by atoms with Gasteiger partial charge in [0.2, 0.25) is 0 Å². The van der Waals surface area contributed by atoms with Gasteiger partial charge in [-0.15, -0.1) is 24.0 Å². The molecule has 27 heavy (non-hydrogen) atoms. The van der Waals surface area contributed by atoms with Crippen LogP contribution in [0.25, 0.3) is 0 Å². The molecule has 8 heteroatoms. The number of anilines is 1. The number of nitrogens with one attached hydrogen (secondary N) is 2. The standard InChI is InChI=1S/C19H28N6O.HI/c1-3-20-19(21-11-14-25-12-6-10-22-25)23-16-9-13-24(15-16)17-7-4-5-8-18(17)26-2;/h4-8,10,12,16H,3,9,11,13-15H2,1-2H3,(H2,20,21,23);1H. The summed E-state index contributed by atoms with van der Waals surface area (Å²) in [6.45, 7) is 6.34. The van der Waals surface area contributed by atoms with Gasteiger partial charge in [0.15, 0.2) is 5.96 Å². The number of hydrogen-bond donors (Lipinski definition) is 2. The smallest absolute Gasteiger partial charge is 0.191 e. The molecule has 1 aliphatic rings. The van der Waals surface area contributed by atoms with E-state index < -0.39 is 0 Å². The molecule has 1 aliphatic heterocycles. The van der Waals surface area contributed by atoms with Crippen LogP contribution in [0, 0.1) is 0 Å². The molecule has 1 saturated heterocycles. The van der Waals surface area contributed by atoms with E-state index in [1.165, 1.54) is 0 Å². The number of rotatable bonds is 7. The number of hydrogen-bond acceptors (Lipinski definition) is 4. The molecule has 0 amide bonds. The fourth-order valence-electron chi connectivity index (χ4n) is 3.20. The van der Waals surface area contributed by atoms with Gasteiger partial charge in [0.1, 0.15) is 5.75 Å². The predicted molar refractivity (Wildman–Crippen MR) is 120 cm³/mol. The summed E-state index contributed by atoms with van der Waals surface area (Å²) in [5.74, 6) is 1.79. The number of ether oxygens (including phenoxy) is 1. The lowest BCUT2D eigenvalue weighted by Gasteiger charge is -2.22. The molecule has 0 aliphatic carbocycles. The molecule has 1 aromatic heterocycles. The highest BCUT2D eigenvalue weighted by Crippen LogP contribution is 2.30. The average Bonchev–Trinajstić information content (AvgIpc) is 3.34. The Balaban J connectivity index is 0.00000261.